The molecule has 1 heterocycles. The lowest BCUT2D eigenvalue weighted by Gasteiger charge is -2.22. The van der Waals surface area contributed by atoms with Crippen LogP contribution in [0.25, 0.3) is 10.2 Å². The number of likely N-dealkylation sites (N-methyl/N-ethyl adjacent to an activating group) is 1. The molecule has 3 rings (SSSR count). The number of hydrogen-bond acceptors (Lipinski definition) is 6. The predicted molar refractivity (Wildman–Crippen MR) is 119 cm³/mol. The summed E-state index contributed by atoms with van der Waals surface area (Å²) in [6, 6.07) is 12.3. The summed E-state index contributed by atoms with van der Waals surface area (Å²) in [7, 11) is 0.499. The molecule has 8 heteroatoms. The number of hydrogen-bond donors (Lipinski definition) is 0. The number of aromatic nitrogens is 1. The van der Waals surface area contributed by atoms with E-state index in [4.69, 9.17) is 0 Å². The molecular weight excluding hydrogens is 406 g/mol. The van der Waals surface area contributed by atoms with Gasteiger partial charge in [-0.3, -0.25) is 9.69 Å². The topological polar surface area (TPSA) is 70.6 Å². The molecule has 0 saturated carbocycles. The van der Waals surface area contributed by atoms with Gasteiger partial charge in [0.15, 0.2) is 15.0 Å². The number of nitrogens with zero attached hydrogens (tertiary/aromatic N) is 3. The second kappa shape index (κ2) is 8.61. The van der Waals surface area contributed by atoms with E-state index in [9.17, 15) is 13.2 Å². The highest BCUT2D eigenvalue weighted by atomic mass is 32.2. The molecule has 0 atom stereocenters. The van der Waals surface area contributed by atoms with Crippen LogP contribution in [0.4, 0.5) is 5.13 Å². The maximum absolute atomic E-state index is 13.3. The van der Waals surface area contributed by atoms with Gasteiger partial charge in [0.1, 0.15) is 0 Å². The number of benzene rings is 2. The maximum atomic E-state index is 13.3. The van der Waals surface area contributed by atoms with Crippen LogP contribution < -0.4 is 4.90 Å². The lowest BCUT2D eigenvalue weighted by atomic mass is 10.2. The van der Waals surface area contributed by atoms with Crippen LogP contribution in [0.3, 0.4) is 0 Å². The van der Waals surface area contributed by atoms with Crippen molar-refractivity contribution in [1.29, 1.82) is 0 Å². The van der Waals surface area contributed by atoms with Crippen molar-refractivity contribution in [3.8, 4) is 0 Å². The number of carbonyl (C=O) groups excluding carboxylic acids is 1. The van der Waals surface area contributed by atoms with Gasteiger partial charge in [0, 0.05) is 18.7 Å². The van der Waals surface area contributed by atoms with Crippen LogP contribution in [0.15, 0.2) is 47.4 Å². The van der Waals surface area contributed by atoms with Crippen molar-refractivity contribution in [2.45, 2.75) is 18.7 Å². The number of anilines is 1. The summed E-state index contributed by atoms with van der Waals surface area (Å²) in [5, 5.41) is 0.612. The zero-order chi connectivity index (χ0) is 21.2. The molecule has 0 aliphatic carbocycles. The molecule has 0 fully saturated rings. The Morgan fingerprint density at radius 1 is 1.10 bits per heavy atom. The average molecular weight is 432 g/mol. The highest BCUT2D eigenvalue weighted by molar-refractivity contribution is 7.91. The number of carbonyl (C=O) groups is 1. The molecule has 0 spiro atoms. The van der Waals surface area contributed by atoms with E-state index in [0.717, 1.165) is 15.8 Å². The van der Waals surface area contributed by atoms with Gasteiger partial charge < -0.3 is 4.90 Å². The Bertz CT molecular complexity index is 1140. The van der Waals surface area contributed by atoms with Crippen LogP contribution in [-0.4, -0.2) is 57.1 Å². The summed E-state index contributed by atoms with van der Waals surface area (Å²) >= 11 is 1.47. The van der Waals surface area contributed by atoms with Crippen molar-refractivity contribution < 1.29 is 13.2 Å². The van der Waals surface area contributed by atoms with Crippen molar-refractivity contribution in [2.24, 2.45) is 0 Å². The standard InChI is InChI=1S/C21H25N3O3S2/c1-5-29(26,27)17-8-6-7-16(14-17)20(25)24(12-11-23(3)4)21-22-18-10-9-15(2)13-19(18)28-21/h6-10,13-14H,5,11-12H2,1-4H3. The first kappa shape index (κ1) is 21.4. The first-order valence-electron chi connectivity index (χ1n) is 9.38. The summed E-state index contributed by atoms with van der Waals surface area (Å²) < 4.78 is 25.5. The van der Waals surface area contributed by atoms with Crippen LogP contribution in [0.1, 0.15) is 22.8 Å². The van der Waals surface area contributed by atoms with E-state index in [0.29, 0.717) is 23.8 Å². The molecule has 0 aliphatic rings. The Kier molecular flexibility index (Phi) is 6.36. The molecule has 0 unspecified atom stereocenters. The molecule has 0 bridgehead atoms. The number of sulfone groups is 1. The number of aryl methyl sites for hydroxylation is 1. The largest absolute Gasteiger partial charge is 0.308 e. The maximum Gasteiger partial charge on any atom is 0.260 e. The van der Waals surface area contributed by atoms with Gasteiger partial charge in [-0.15, -0.1) is 0 Å². The second-order valence-corrected chi connectivity index (χ2v) is 10.4. The Balaban J connectivity index is 2.02. The van der Waals surface area contributed by atoms with E-state index in [1.54, 1.807) is 24.0 Å². The fourth-order valence-electron chi connectivity index (χ4n) is 2.86. The highest BCUT2D eigenvalue weighted by Gasteiger charge is 2.23. The predicted octanol–water partition coefficient (Wildman–Crippen LogP) is 3.61. The molecule has 2 aromatic carbocycles. The van der Waals surface area contributed by atoms with E-state index in [1.165, 1.54) is 23.5 Å². The highest BCUT2D eigenvalue weighted by Crippen LogP contribution is 2.30. The van der Waals surface area contributed by atoms with E-state index in [2.05, 4.69) is 11.1 Å². The molecule has 1 aromatic heterocycles. The zero-order valence-electron chi connectivity index (χ0n) is 17.0. The van der Waals surface area contributed by atoms with E-state index in [1.807, 2.05) is 38.1 Å². The van der Waals surface area contributed by atoms with Crippen LogP contribution in [0.5, 0.6) is 0 Å². The first-order valence-corrected chi connectivity index (χ1v) is 11.8. The summed E-state index contributed by atoms with van der Waals surface area (Å²) in [6.07, 6.45) is 0. The zero-order valence-corrected chi connectivity index (χ0v) is 18.7. The van der Waals surface area contributed by atoms with Gasteiger partial charge in [-0.25, -0.2) is 13.4 Å². The van der Waals surface area contributed by atoms with Crippen molar-refractivity contribution in [3.05, 3.63) is 53.6 Å². The van der Waals surface area contributed by atoms with Crippen molar-refractivity contribution >= 4 is 42.4 Å². The third kappa shape index (κ3) is 4.83. The Morgan fingerprint density at radius 2 is 1.86 bits per heavy atom. The quantitative estimate of drug-likeness (QED) is 0.572. The number of amides is 1. The normalized spacial score (nSPS) is 11.9. The SMILES string of the molecule is CCS(=O)(=O)c1cccc(C(=O)N(CCN(C)C)c2nc3ccc(C)cc3s2)c1. The minimum atomic E-state index is -3.39. The van der Waals surface area contributed by atoms with Gasteiger partial charge in [0.25, 0.3) is 5.91 Å². The van der Waals surface area contributed by atoms with Gasteiger partial charge in [0.2, 0.25) is 0 Å². The number of rotatable bonds is 7. The Morgan fingerprint density at radius 3 is 2.55 bits per heavy atom. The summed E-state index contributed by atoms with van der Waals surface area (Å²) in [5.41, 5.74) is 2.32. The van der Waals surface area contributed by atoms with Crippen molar-refractivity contribution in [2.75, 3.05) is 37.8 Å². The summed E-state index contributed by atoms with van der Waals surface area (Å²) in [4.78, 5) is 21.8. The minimum absolute atomic E-state index is 0.00773. The molecule has 29 heavy (non-hydrogen) atoms. The lowest BCUT2D eigenvalue weighted by molar-refractivity contribution is 0.0985. The molecule has 1 amide bonds. The van der Waals surface area contributed by atoms with E-state index in [-0.39, 0.29) is 16.6 Å². The minimum Gasteiger partial charge on any atom is -0.308 e. The number of fused-ring (bicyclic) bond motifs is 1. The van der Waals surface area contributed by atoms with Crippen LogP contribution >= 0.6 is 11.3 Å². The van der Waals surface area contributed by atoms with Crippen LogP contribution in [-0.2, 0) is 9.84 Å². The molecule has 0 saturated heterocycles. The Labute approximate surface area is 175 Å². The fraction of sp³-hybridized carbons (Fsp3) is 0.333. The first-order chi connectivity index (χ1) is 13.7. The van der Waals surface area contributed by atoms with Crippen LogP contribution in [0, 0.1) is 6.92 Å². The third-order valence-corrected chi connectivity index (χ3v) is 7.37. The monoisotopic (exact) mass is 431 g/mol. The van der Waals surface area contributed by atoms with Gasteiger partial charge in [-0.2, -0.15) is 0 Å². The lowest BCUT2D eigenvalue weighted by Crippen LogP contribution is -2.36. The number of thiazole rings is 1. The molecule has 0 aliphatic heterocycles. The van der Waals surface area contributed by atoms with Crippen LogP contribution in [0.2, 0.25) is 0 Å². The summed E-state index contributed by atoms with van der Waals surface area (Å²) in [6.45, 7) is 4.73. The van der Waals surface area contributed by atoms with Crippen molar-refractivity contribution in [1.82, 2.24) is 9.88 Å². The van der Waals surface area contributed by atoms with E-state index >= 15 is 0 Å². The fourth-order valence-corrected chi connectivity index (χ4v) is 4.88. The van der Waals surface area contributed by atoms with Gasteiger partial charge in [0.05, 0.1) is 20.9 Å². The van der Waals surface area contributed by atoms with E-state index < -0.39 is 9.84 Å². The molecule has 0 radical (unpaired) electrons. The molecule has 154 valence electrons. The van der Waals surface area contributed by atoms with Gasteiger partial charge in [-0.1, -0.05) is 30.4 Å². The van der Waals surface area contributed by atoms with Gasteiger partial charge >= 0.3 is 0 Å². The second-order valence-electron chi connectivity index (χ2n) is 7.16. The van der Waals surface area contributed by atoms with Gasteiger partial charge in [-0.05, 0) is 56.9 Å². The smallest absolute Gasteiger partial charge is 0.260 e. The molecular formula is C21H25N3O3S2. The third-order valence-electron chi connectivity index (χ3n) is 4.60. The Hall–Kier alpha value is -2.29. The summed E-state index contributed by atoms with van der Waals surface area (Å²) in [5.74, 6) is -0.262. The van der Waals surface area contributed by atoms with Crippen molar-refractivity contribution in [3.63, 3.8) is 0 Å². The molecule has 3 aromatic rings. The molecule has 0 N–H and O–H groups in total. The molecule has 6 nitrogen and oxygen atoms in total. The average Bonchev–Trinajstić information content (AvgIpc) is 3.10.